The second kappa shape index (κ2) is 8.43. The number of carbonyl (C=O) groups is 2. The Labute approximate surface area is 166 Å². The molecule has 0 atom stereocenters. The van der Waals surface area contributed by atoms with Gasteiger partial charge in [0.25, 0.3) is 0 Å². The van der Waals surface area contributed by atoms with Crippen molar-refractivity contribution in [2.45, 2.75) is 90.4 Å². The Balaban J connectivity index is 2.24. The number of nitrogens with zero attached hydrogens (tertiary/aromatic N) is 3. The molecule has 28 heavy (non-hydrogen) atoms. The molecule has 1 aromatic heterocycles. The number of aliphatic hydroxyl groups is 1. The number of ether oxygens (including phenoxy) is 2. The van der Waals surface area contributed by atoms with E-state index in [0.717, 1.165) is 36.3 Å². The molecule has 1 aliphatic carbocycles. The summed E-state index contributed by atoms with van der Waals surface area (Å²) in [6, 6.07) is 0. The van der Waals surface area contributed by atoms with Gasteiger partial charge < -0.3 is 14.6 Å². The van der Waals surface area contributed by atoms with E-state index in [-0.39, 0.29) is 17.8 Å². The lowest BCUT2D eigenvalue weighted by atomic mass is 9.85. The van der Waals surface area contributed by atoms with Gasteiger partial charge in [-0.25, -0.2) is 14.6 Å². The Hall–Kier alpha value is -2.22. The SMILES string of the molecule is CC(C)(C)OC(=O)N(C(=O)OC(C)(C)C)c1cnc(C2CCC(O)CC2)cn1. The van der Waals surface area contributed by atoms with Gasteiger partial charge in [-0.3, -0.25) is 4.98 Å². The maximum absolute atomic E-state index is 12.6. The molecule has 1 saturated carbocycles. The van der Waals surface area contributed by atoms with Crippen LogP contribution in [0.3, 0.4) is 0 Å². The minimum absolute atomic E-state index is 0.0445. The molecular formula is C20H31N3O5. The topological polar surface area (TPSA) is 102 Å². The molecule has 1 N–H and O–H groups in total. The summed E-state index contributed by atoms with van der Waals surface area (Å²) >= 11 is 0. The molecule has 1 heterocycles. The molecule has 0 aromatic carbocycles. The van der Waals surface area contributed by atoms with Gasteiger partial charge in [-0.2, -0.15) is 4.90 Å². The highest BCUT2D eigenvalue weighted by molar-refractivity contribution is 6.08. The van der Waals surface area contributed by atoms with Crippen LogP contribution in [0, 0.1) is 0 Å². The molecule has 1 aliphatic rings. The van der Waals surface area contributed by atoms with Crippen molar-refractivity contribution in [3.8, 4) is 0 Å². The van der Waals surface area contributed by atoms with E-state index in [1.54, 1.807) is 47.7 Å². The van der Waals surface area contributed by atoms with Crippen LogP contribution >= 0.6 is 0 Å². The van der Waals surface area contributed by atoms with Gasteiger partial charge in [0.2, 0.25) is 0 Å². The molecule has 2 rings (SSSR count). The molecule has 1 aromatic rings. The van der Waals surface area contributed by atoms with Crippen LogP contribution in [0.2, 0.25) is 0 Å². The molecule has 2 amide bonds. The largest absolute Gasteiger partial charge is 0.443 e. The maximum Gasteiger partial charge on any atom is 0.425 e. The molecule has 8 nitrogen and oxygen atoms in total. The Morgan fingerprint density at radius 1 is 0.929 bits per heavy atom. The highest BCUT2D eigenvalue weighted by Gasteiger charge is 2.34. The number of imide groups is 1. The molecule has 0 aliphatic heterocycles. The van der Waals surface area contributed by atoms with Crippen molar-refractivity contribution in [1.82, 2.24) is 9.97 Å². The number of rotatable bonds is 2. The van der Waals surface area contributed by atoms with Crippen molar-refractivity contribution in [2.24, 2.45) is 0 Å². The van der Waals surface area contributed by atoms with Gasteiger partial charge in [0, 0.05) is 5.92 Å². The molecule has 156 valence electrons. The zero-order chi connectivity index (χ0) is 21.1. The predicted molar refractivity (Wildman–Crippen MR) is 104 cm³/mol. The van der Waals surface area contributed by atoms with Crippen molar-refractivity contribution < 1.29 is 24.2 Å². The lowest BCUT2D eigenvalue weighted by molar-refractivity contribution is 0.0428. The van der Waals surface area contributed by atoms with E-state index < -0.39 is 23.4 Å². The van der Waals surface area contributed by atoms with Crippen LogP contribution in [0.15, 0.2) is 12.4 Å². The summed E-state index contributed by atoms with van der Waals surface area (Å²) in [4.78, 5) is 34.7. The number of aliphatic hydroxyl groups excluding tert-OH is 1. The van der Waals surface area contributed by atoms with E-state index in [0.29, 0.717) is 0 Å². The number of anilines is 1. The van der Waals surface area contributed by atoms with Gasteiger partial charge in [-0.1, -0.05) is 0 Å². The first-order valence-corrected chi connectivity index (χ1v) is 9.62. The lowest BCUT2D eigenvalue weighted by Crippen LogP contribution is -2.44. The lowest BCUT2D eigenvalue weighted by Gasteiger charge is -2.28. The number of aromatic nitrogens is 2. The number of hydrogen-bond acceptors (Lipinski definition) is 7. The highest BCUT2D eigenvalue weighted by Crippen LogP contribution is 2.32. The van der Waals surface area contributed by atoms with Crippen LogP contribution in [0.4, 0.5) is 15.4 Å². The van der Waals surface area contributed by atoms with Crippen molar-refractivity contribution >= 4 is 18.0 Å². The first kappa shape index (κ1) is 22.1. The monoisotopic (exact) mass is 393 g/mol. The van der Waals surface area contributed by atoms with E-state index in [1.165, 1.54) is 6.20 Å². The first-order chi connectivity index (χ1) is 12.9. The minimum Gasteiger partial charge on any atom is -0.443 e. The van der Waals surface area contributed by atoms with E-state index in [4.69, 9.17) is 9.47 Å². The third-order valence-electron chi connectivity index (χ3n) is 4.15. The van der Waals surface area contributed by atoms with Gasteiger partial charge in [-0.15, -0.1) is 0 Å². The summed E-state index contributed by atoms with van der Waals surface area (Å²) in [6.07, 6.45) is 4.08. The van der Waals surface area contributed by atoms with Gasteiger partial charge in [0.15, 0.2) is 5.82 Å². The van der Waals surface area contributed by atoms with Gasteiger partial charge in [0.05, 0.1) is 24.2 Å². The standard InChI is InChI=1S/C20H31N3O5/c1-19(2,3)27-17(25)23(18(26)28-20(4,5)6)16-12-21-15(11-22-16)13-7-9-14(24)10-8-13/h11-14,24H,7-10H2,1-6H3. The fourth-order valence-corrected chi connectivity index (χ4v) is 2.91. The number of carbonyl (C=O) groups excluding carboxylic acids is 2. The third-order valence-corrected chi connectivity index (χ3v) is 4.15. The summed E-state index contributed by atoms with van der Waals surface area (Å²) in [7, 11) is 0. The zero-order valence-electron chi connectivity index (χ0n) is 17.6. The Kier molecular flexibility index (Phi) is 6.64. The highest BCUT2D eigenvalue weighted by atomic mass is 16.6. The average molecular weight is 393 g/mol. The Morgan fingerprint density at radius 2 is 1.43 bits per heavy atom. The molecule has 0 bridgehead atoms. The number of amides is 2. The van der Waals surface area contributed by atoms with Crippen molar-refractivity contribution in [3.63, 3.8) is 0 Å². The van der Waals surface area contributed by atoms with Crippen molar-refractivity contribution in [1.29, 1.82) is 0 Å². The molecular weight excluding hydrogens is 362 g/mol. The smallest absolute Gasteiger partial charge is 0.425 e. The molecule has 0 unspecified atom stereocenters. The predicted octanol–water partition coefficient (Wildman–Crippen LogP) is 4.17. The Bertz CT molecular complexity index is 655. The first-order valence-electron chi connectivity index (χ1n) is 9.62. The van der Waals surface area contributed by atoms with Crippen molar-refractivity contribution in [2.75, 3.05) is 4.90 Å². The fourth-order valence-electron chi connectivity index (χ4n) is 2.91. The van der Waals surface area contributed by atoms with Gasteiger partial charge in [0.1, 0.15) is 11.2 Å². The van der Waals surface area contributed by atoms with E-state index in [2.05, 4.69) is 9.97 Å². The zero-order valence-corrected chi connectivity index (χ0v) is 17.6. The average Bonchev–Trinajstić information content (AvgIpc) is 2.53. The maximum atomic E-state index is 12.6. The van der Waals surface area contributed by atoms with E-state index in [9.17, 15) is 14.7 Å². The molecule has 0 spiro atoms. The molecule has 8 heteroatoms. The molecule has 0 radical (unpaired) electrons. The Morgan fingerprint density at radius 3 is 1.82 bits per heavy atom. The summed E-state index contributed by atoms with van der Waals surface area (Å²) in [5, 5.41) is 9.65. The summed E-state index contributed by atoms with van der Waals surface area (Å²) in [5.74, 6) is 0.254. The second-order valence-corrected chi connectivity index (χ2v) is 9.10. The third kappa shape index (κ3) is 6.44. The molecule has 1 fully saturated rings. The van der Waals surface area contributed by atoms with Crippen LogP contribution in [0.1, 0.15) is 78.8 Å². The van der Waals surface area contributed by atoms with Crippen LogP contribution in [0.25, 0.3) is 0 Å². The quantitative estimate of drug-likeness (QED) is 0.804. The van der Waals surface area contributed by atoms with Crippen LogP contribution in [-0.2, 0) is 9.47 Å². The van der Waals surface area contributed by atoms with Crippen LogP contribution in [0.5, 0.6) is 0 Å². The molecule has 0 saturated heterocycles. The van der Waals surface area contributed by atoms with Crippen LogP contribution < -0.4 is 4.90 Å². The number of hydrogen-bond donors (Lipinski definition) is 1. The summed E-state index contributed by atoms with van der Waals surface area (Å²) in [5.41, 5.74) is -0.787. The van der Waals surface area contributed by atoms with Crippen LogP contribution in [-0.4, -0.2) is 44.6 Å². The van der Waals surface area contributed by atoms with Crippen molar-refractivity contribution in [3.05, 3.63) is 18.1 Å². The van der Waals surface area contributed by atoms with E-state index >= 15 is 0 Å². The fraction of sp³-hybridized carbons (Fsp3) is 0.700. The second-order valence-electron chi connectivity index (χ2n) is 9.10. The minimum atomic E-state index is -0.871. The van der Waals surface area contributed by atoms with Gasteiger partial charge >= 0.3 is 12.2 Å². The summed E-state index contributed by atoms with van der Waals surface area (Å²) < 4.78 is 10.7. The normalized spacial score (nSPS) is 20.4. The summed E-state index contributed by atoms with van der Waals surface area (Å²) in [6.45, 7) is 10.3. The van der Waals surface area contributed by atoms with Gasteiger partial charge in [-0.05, 0) is 67.2 Å². The van der Waals surface area contributed by atoms with E-state index in [1.807, 2.05) is 0 Å².